The first kappa shape index (κ1) is 23.6. The quantitative estimate of drug-likeness (QED) is 0.371. The van der Waals surface area contributed by atoms with E-state index in [0.29, 0.717) is 9.13 Å². The van der Waals surface area contributed by atoms with E-state index >= 15 is 0 Å². The lowest BCUT2D eigenvalue weighted by Crippen LogP contribution is -2.56. The predicted octanol–water partition coefficient (Wildman–Crippen LogP) is 4.74. The van der Waals surface area contributed by atoms with Gasteiger partial charge in [0.15, 0.2) is 11.6 Å². The maximum Gasteiger partial charge on any atom is 0.408 e. The van der Waals surface area contributed by atoms with Gasteiger partial charge in [-0.25, -0.2) is 18.4 Å². The third kappa shape index (κ3) is 7.59. The van der Waals surface area contributed by atoms with Crippen LogP contribution in [-0.4, -0.2) is 28.8 Å². The zero-order valence-electron chi connectivity index (χ0n) is 16.6. The first-order valence-corrected chi connectivity index (χ1v) is 9.48. The molecule has 152 valence electrons. The summed E-state index contributed by atoms with van der Waals surface area (Å²) in [5.74, 6) is -2.72. The van der Waals surface area contributed by atoms with Crippen molar-refractivity contribution in [1.82, 2.24) is 5.32 Å². The van der Waals surface area contributed by atoms with Crippen molar-refractivity contribution in [2.75, 3.05) is 0 Å². The van der Waals surface area contributed by atoms with Gasteiger partial charge in [0.1, 0.15) is 16.7 Å². The van der Waals surface area contributed by atoms with Gasteiger partial charge in [-0.1, -0.05) is 0 Å². The number of esters is 1. The van der Waals surface area contributed by atoms with E-state index < -0.39 is 40.4 Å². The second kappa shape index (κ2) is 8.28. The molecule has 0 saturated heterocycles. The summed E-state index contributed by atoms with van der Waals surface area (Å²) in [7, 11) is 0. The zero-order chi connectivity index (χ0) is 21.2. The van der Waals surface area contributed by atoms with E-state index in [9.17, 15) is 18.4 Å². The van der Waals surface area contributed by atoms with Crippen molar-refractivity contribution in [1.29, 1.82) is 0 Å². The number of alkyl carbamates (subject to hydrolysis) is 1. The first-order chi connectivity index (χ1) is 12.0. The fraction of sp³-hybridized carbons (Fsp3) is 0.579. The average Bonchev–Trinajstić information content (AvgIpc) is 2.40. The molecule has 0 bridgehead atoms. The second-order valence-corrected chi connectivity index (χ2v) is 9.66. The van der Waals surface area contributed by atoms with E-state index in [-0.39, 0.29) is 6.42 Å². The molecule has 1 N–H and O–H groups in total. The minimum atomic E-state index is -1.54. The van der Waals surface area contributed by atoms with Crippen LogP contribution in [0.2, 0.25) is 0 Å². The Balaban J connectivity index is 3.23. The molecule has 0 aliphatic carbocycles. The molecule has 0 radical (unpaired) electrons. The summed E-state index contributed by atoms with van der Waals surface area (Å²) in [4.78, 5) is 25.0. The fourth-order valence-electron chi connectivity index (χ4n) is 2.17. The molecule has 0 saturated carbocycles. The van der Waals surface area contributed by atoms with E-state index in [1.807, 2.05) is 22.6 Å². The van der Waals surface area contributed by atoms with Crippen LogP contribution in [0.3, 0.4) is 0 Å². The second-order valence-electron chi connectivity index (χ2n) is 8.50. The van der Waals surface area contributed by atoms with Crippen molar-refractivity contribution >= 4 is 34.7 Å². The number of halogens is 3. The van der Waals surface area contributed by atoms with Crippen LogP contribution in [0.4, 0.5) is 13.6 Å². The molecule has 1 unspecified atom stereocenters. The number of amides is 1. The van der Waals surface area contributed by atoms with Crippen molar-refractivity contribution in [2.45, 2.75) is 71.6 Å². The number of nitrogens with one attached hydrogen (secondary N) is 1. The molecular weight excluding hydrogens is 471 g/mol. The fourth-order valence-corrected chi connectivity index (χ4v) is 2.79. The molecule has 0 aromatic heterocycles. The van der Waals surface area contributed by atoms with Crippen molar-refractivity contribution in [2.24, 2.45) is 0 Å². The molecule has 1 amide bonds. The molecule has 1 atom stereocenters. The molecular formula is C19H26F2INO4. The van der Waals surface area contributed by atoms with Gasteiger partial charge in [0, 0.05) is 9.99 Å². The standard InChI is InChI=1S/C19H26F2INO4/c1-17(2,3)26-15(24)19(7,23-16(25)27-18(4,5)6)10-11-8-12(20)13(21)9-14(11)22/h8-9H,10H2,1-7H3,(H,23,25). The molecule has 1 rings (SSSR count). The normalized spacial score (nSPS) is 14.3. The van der Waals surface area contributed by atoms with Crippen molar-refractivity contribution in [3.05, 3.63) is 32.9 Å². The van der Waals surface area contributed by atoms with E-state index in [4.69, 9.17) is 9.47 Å². The number of hydrogen-bond donors (Lipinski definition) is 1. The van der Waals surface area contributed by atoms with Crippen LogP contribution in [0.1, 0.15) is 54.0 Å². The summed E-state index contributed by atoms with van der Waals surface area (Å²) in [5, 5.41) is 2.53. The Bertz CT molecular complexity index is 726. The summed E-state index contributed by atoms with van der Waals surface area (Å²) in [5.41, 5.74) is -2.75. The molecule has 27 heavy (non-hydrogen) atoms. The largest absolute Gasteiger partial charge is 0.458 e. The summed E-state index contributed by atoms with van der Waals surface area (Å²) in [6.07, 6.45) is -0.912. The summed E-state index contributed by atoms with van der Waals surface area (Å²) in [6, 6.07) is 2.05. The van der Waals surface area contributed by atoms with Gasteiger partial charge in [0.2, 0.25) is 0 Å². The highest BCUT2D eigenvalue weighted by Gasteiger charge is 2.40. The van der Waals surface area contributed by atoms with Crippen LogP contribution in [0.5, 0.6) is 0 Å². The summed E-state index contributed by atoms with van der Waals surface area (Å²) in [6.45, 7) is 11.6. The van der Waals surface area contributed by atoms with E-state index in [0.717, 1.165) is 12.1 Å². The smallest absolute Gasteiger partial charge is 0.408 e. The number of ether oxygens (including phenoxy) is 2. The molecule has 0 spiro atoms. The average molecular weight is 497 g/mol. The highest BCUT2D eigenvalue weighted by atomic mass is 127. The van der Waals surface area contributed by atoms with Crippen molar-refractivity contribution < 1.29 is 27.8 Å². The van der Waals surface area contributed by atoms with Gasteiger partial charge in [-0.3, -0.25) is 0 Å². The Morgan fingerprint density at radius 1 is 0.963 bits per heavy atom. The summed E-state index contributed by atoms with van der Waals surface area (Å²) < 4.78 is 38.2. The lowest BCUT2D eigenvalue weighted by atomic mass is 9.92. The van der Waals surface area contributed by atoms with Gasteiger partial charge in [-0.05, 0) is 88.8 Å². The highest BCUT2D eigenvalue weighted by Crippen LogP contribution is 2.25. The molecule has 1 aromatic carbocycles. The molecule has 0 aliphatic rings. The maximum atomic E-state index is 13.7. The number of hydrogen-bond acceptors (Lipinski definition) is 4. The molecule has 1 aromatic rings. The van der Waals surface area contributed by atoms with E-state index in [2.05, 4.69) is 5.32 Å². The van der Waals surface area contributed by atoms with Crippen LogP contribution in [0.25, 0.3) is 0 Å². The van der Waals surface area contributed by atoms with Crippen LogP contribution >= 0.6 is 22.6 Å². The van der Waals surface area contributed by atoms with Crippen molar-refractivity contribution in [3.63, 3.8) is 0 Å². The molecule has 0 fully saturated rings. The third-order valence-corrected chi connectivity index (χ3v) is 4.26. The maximum absolute atomic E-state index is 13.7. The van der Waals surface area contributed by atoms with Crippen molar-refractivity contribution in [3.8, 4) is 0 Å². The SMILES string of the molecule is CC(C)(C)OC(=O)NC(C)(Cc1cc(F)c(F)cc1I)C(=O)OC(C)(C)C. The van der Waals surface area contributed by atoms with Gasteiger partial charge in [-0.15, -0.1) is 0 Å². The van der Waals surface area contributed by atoms with Gasteiger partial charge in [0.05, 0.1) is 0 Å². The number of rotatable bonds is 4. The Hall–Kier alpha value is -1.45. The zero-order valence-corrected chi connectivity index (χ0v) is 18.8. The van der Waals surface area contributed by atoms with Crippen LogP contribution in [0.15, 0.2) is 12.1 Å². The lowest BCUT2D eigenvalue weighted by Gasteiger charge is -2.33. The molecule has 0 aliphatic heterocycles. The van der Waals surface area contributed by atoms with Gasteiger partial charge >= 0.3 is 12.1 Å². The van der Waals surface area contributed by atoms with Crippen LogP contribution < -0.4 is 5.32 Å². The Morgan fingerprint density at radius 3 is 1.93 bits per heavy atom. The molecule has 8 heteroatoms. The number of benzene rings is 1. The third-order valence-electron chi connectivity index (χ3n) is 3.26. The monoisotopic (exact) mass is 497 g/mol. The molecule has 5 nitrogen and oxygen atoms in total. The van der Waals surface area contributed by atoms with Crippen LogP contribution in [-0.2, 0) is 20.7 Å². The van der Waals surface area contributed by atoms with E-state index in [1.165, 1.54) is 6.92 Å². The van der Waals surface area contributed by atoms with Gasteiger partial charge in [0.25, 0.3) is 0 Å². The van der Waals surface area contributed by atoms with Gasteiger partial charge < -0.3 is 14.8 Å². The Labute approximate surface area is 172 Å². The minimum Gasteiger partial charge on any atom is -0.458 e. The highest BCUT2D eigenvalue weighted by molar-refractivity contribution is 14.1. The number of carbonyl (C=O) groups excluding carboxylic acids is 2. The summed E-state index contributed by atoms with van der Waals surface area (Å²) >= 11 is 1.85. The minimum absolute atomic E-state index is 0.101. The predicted molar refractivity (Wildman–Crippen MR) is 106 cm³/mol. The first-order valence-electron chi connectivity index (χ1n) is 8.40. The van der Waals surface area contributed by atoms with E-state index in [1.54, 1.807) is 41.5 Å². The topological polar surface area (TPSA) is 64.6 Å². The van der Waals surface area contributed by atoms with Crippen LogP contribution in [0, 0.1) is 15.2 Å². The number of carbonyl (C=O) groups is 2. The lowest BCUT2D eigenvalue weighted by molar-refractivity contribution is -0.162. The Kier molecular flexibility index (Phi) is 7.23. The Morgan fingerprint density at radius 2 is 1.44 bits per heavy atom. The van der Waals surface area contributed by atoms with Gasteiger partial charge in [-0.2, -0.15) is 0 Å². The molecule has 0 heterocycles.